The third kappa shape index (κ3) is 2.42. The van der Waals surface area contributed by atoms with Crippen LogP contribution in [0.2, 0.25) is 0 Å². The van der Waals surface area contributed by atoms with Gasteiger partial charge in [0.2, 0.25) is 5.88 Å². The number of nitrogens with zero attached hydrogens (tertiary/aromatic N) is 1. The first-order chi connectivity index (χ1) is 11.4. The fourth-order valence-electron chi connectivity index (χ4n) is 3.86. The van der Waals surface area contributed by atoms with E-state index in [1.54, 1.807) is 0 Å². The highest BCUT2D eigenvalue weighted by Gasteiger charge is 2.42. The summed E-state index contributed by atoms with van der Waals surface area (Å²) in [5.74, 6) is 0.775. The van der Waals surface area contributed by atoms with E-state index >= 15 is 0 Å². The number of fused-ring (bicyclic) bond motifs is 1. The molecule has 2 aromatic rings. The largest absolute Gasteiger partial charge is 0.338 e. The molecule has 0 unspecified atom stereocenters. The monoisotopic (exact) mass is 386 g/mol. The quantitative estimate of drug-likeness (QED) is 0.753. The third-order valence-electron chi connectivity index (χ3n) is 4.87. The Kier molecular flexibility index (Phi) is 3.46. The minimum atomic E-state index is -0.112. The standard InChI is InChI=1S/C19H19BrN2O2/c1-10-15-16(11-4-6-12(20)7-5-11)17-13(21-18(15)24-22-10)8-19(2,3)9-14(17)23/h4-7,16,21H,8-9H2,1-3H3/t16-/m1/s1. The van der Waals surface area contributed by atoms with Crippen molar-refractivity contribution in [3.05, 3.63) is 56.8 Å². The van der Waals surface area contributed by atoms with Gasteiger partial charge in [-0.1, -0.05) is 47.1 Å². The first-order valence-corrected chi connectivity index (χ1v) is 8.90. The number of hydrogen-bond acceptors (Lipinski definition) is 4. The Hall–Kier alpha value is -1.88. The summed E-state index contributed by atoms with van der Waals surface area (Å²) in [6.45, 7) is 6.19. The van der Waals surface area contributed by atoms with Crippen LogP contribution in [-0.4, -0.2) is 10.9 Å². The normalized spacial score (nSPS) is 22.0. The Balaban J connectivity index is 1.93. The Morgan fingerprint density at radius 1 is 1.25 bits per heavy atom. The Bertz CT molecular complexity index is 862. The lowest BCUT2D eigenvalue weighted by Gasteiger charge is -2.37. The molecule has 0 fully saturated rings. The van der Waals surface area contributed by atoms with Crippen LogP contribution in [0.5, 0.6) is 0 Å². The van der Waals surface area contributed by atoms with E-state index < -0.39 is 0 Å². The van der Waals surface area contributed by atoms with Gasteiger partial charge in [0.15, 0.2) is 5.78 Å². The van der Waals surface area contributed by atoms with Crippen LogP contribution in [0.3, 0.4) is 0 Å². The molecule has 0 bridgehead atoms. The number of hydrogen-bond donors (Lipinski definition) is 1. The topological polar surface area (TPSA) is 55.1 Å². The highest BCUT2D eigenvalue weighted by Crippen LogP contribution is 2.49. The van der Waals surface area contributed by atoms with E-state index in [4.69, 9.17) is 4.52 Å². The van der Waals surface area contributed by atoms with Gasteiger partial charge in [0.05, 0.1) is 11.3 Å². The van der Waals surface area contributed by atoms with E-state index in [1.165, 1.54) is 0 Å². The number of benzene rings is 1. The fraction of sp³-hybridized carbons (Fsp3) is 0.368. The van der Waals surface area contributed by atoms with Gasteiger partial charge in [-0.2, -0.15) is 0 Å². The number of Topliss-reactive ketones (excluding diaryl/α,β-unsaturated/α-hetero) is 1. The smallest absolute Gasteiger partial charge is 0.233 e. The lowest BCUT2D eigenvalue weighted by Crippen LogP contribution is -2.33. The first-order valence-electron chi connectivity index (χ1n) is 8.11. The predicted octanol–water partition coefficient (Wildman–Crippen LogP) is 4.95. The van der Waals surface area contributed by atoms with Crippen LogP contribution < -0.4 is 5.32 Å². The van der Waals surface area contributed by atoms with Crippen LogP contribution in [-0.2, 0) is 4.79 Å². The summed E-state index contributed by atoms with van der Waals surface area (Å²) in [7, 11) is 0. The third-order valence-corrected chi connectivity index (χ3v) is 5.40. The zero-order valence-electron chi connectivity index (χ0n) is 13.9. The molecule has 1 N–H and O–H groups in total. The van der Waals surface area contributed by atoms with Gasteiger partial charge in [-0.15, -0.1) is 0 Å². The number of nitrogens with one attached hydrogen (secondary N) is 1. The fourth-order valence-corrected chi connectivity index (χ4v) is 4.12. The molecule has 24 heavy (non-hydrogen) atoms. The highest BCUT2D eigenvalue weighted by atomic mass is 79.9. The molecule has 4 rings (SSSR count). The van der Waals surface area contributed by atoms with Crippen molar-refractivity contribution in [1.29, 1.82) is 0 Å². The number of aromatic nitrogens is 1. The van der Waals surface area contributed by atoms with Crippen molar-refractivity contribution in [3.8, 4) is 0 Å². The summed E-state index contributed by atoms with van der Waals surface area (Å²) in [6.07, 6.45) is 1.40. The molecule has 2 aliphatic rings. The van der Waals surface area contributed by atoms with Crippen molar-refractivity contribution in [3.63, 3.8) is 0 Å². The minimum absolute atomic E-state index is 0.0419. The molecule has 4 nitrogen and oxygen atoms in total. The highest BCUT2D eigenvalue weighted by molar-refractivity contribution is 9.10. The van der Waals surface area contributed by atoms with Crippen LogP contribution in [0.15, 0.2) is 44.5 Å². The second kappa shape index (κ2) is 5.31. The zero-order valence-corrected chi connectivity index (χ0v) is 15.5. The lowest BCUT2D eigenvalue weighted by molar-refractivity contribution is -0.118. The van der Waals surface area contributed by atoms with Crippen molar-refractivity contribution >= 4 is 27.6 Å². The van der Waals surface area contributed by atoms with Crippen LogP contribution in [0.4, 0.5) is 5.88 Å². The molecule has 0 spiro atoms. The molecular weight excluding hydrogens is 368 g/mol. The molecule has 1 atom stereocenters. The molecule has 0 saturated carbocycles. The van der Waals surface area contributed by atoms with Gasteiger partial charge in [-0.25, -0.2) is 0 Å². The molecule has 1 aliphatic carbocycles. The number of rotatable bonds is 1. The van der Waals surface area contributed by atoms with E-state index in [0.717, 1.165) is 39.0 Å². The molecule has 2 heterocycles. The summed E-state index contributed by atoms with van der Waals surface area (Å²) in [6, 6.07) is 8.15. The zero-order chi connectivity index (χ0) is 17.1. The SMILES string of the molecule is Cc1noc2c1[C@@H](c1ccc(Br)cc1)C1=C(CC(C)(C)CC1=O)N2. The van der Waals surface area contributed by atoms with Crippen molar-refractivity contribution < 1.29 is 9.32 Å². The van der Waals surface area contributed by atoms with E-state index in [0.29, 0.717) is 12.3 Å². The molecule has 1 aromatic carbocycles. The molecule has 5 heteroatoms. The Morgan fingerprint density at radius 3 is 2.67 bits per heavy atom. The number of allylic oxidation sites excluding steroid dienone is 2. The number of ketones is 1. The van der Waals surface area contributed by atoms with Crippen LogP contribution >= 0.6 is 15.9 Å². The summed E-state index contributed by atoms with van der Waals surface area (Å²) < 4.78 is 6.52. The lowest BCUT2D eigenvalue weighted by atomic mass is 9.69. The van der Waals surface area contributed by atoms with Crippen LogP contribution in [0.25, 0.3) is 0 Å². The summed E-state index contributed by atoms with van der Waals surface area (Å²) in [4.78, 5) is 13.0. The maximum Gasteiger partial charge on any atom is 0.233 e. The Labute approximate surface area is 149 Å². The molecular formula is C19H19BrN2O2. The van der Waals surface area contributed by atoms with Crippen molar-refractivity contribution in [2.24, 2.45) is 5.41 Å². The summed E-state index contributed by atoms with van der Waals surface area (Å²) >= 11 is 3.48. The van der Waals surface area contributed by atoms with Gasteiger partial charge in [0, 0.05) is 28.1 Å². The molecule has 0 radical (unpaired) electrons. The maximum atomic E-state index is 13.0. The van der Waals surface area contributed by atoms with Crippen molar-refractivity contribution in [1.82, 2.24) is 5.16 Å². The maximum absolute atomic E-state index is 13.0. The number of anilines is 1. The average Bonchev–Trinajstić information content (AvgIpc) is 2.86. The van der Waals surface area contributed by atoms with E-state index in [1.807, 2.05) is 19.1 Å². The molecule has 0 amide bonds. The van der Waals surface area contributed by atoms with Gasteiger partial charge in [0.1, 0.15) is 0 Å². The average molecular weight is 387 g/mol. The van der Waals surface area contributed by atoms with Gasteiger partial charge < -0.3 is 9.84 Å². The molecule has 0 saturated heterocycles. The summed E-state index contributed by atoms with van der Waals surface area (Å²) in [5.41, 5.74) is 4.70. The second-order valence-electron chi connectivity index (χ2n) is 7.45. The molecule has 1 aromatic heterocycles. The van der Waals surface area contributed by atoms with Gasteiger partial charge in [0.25, 0.3) is 0 Å². The van der Waals surface area contributed by atoms with Gasteiger partial charge in [-0.05, 0) is 36.5 Å². The van der Waals surface area contributed by atoms with E-state index in [-0.39, 0.29) is 17.1 Å². The second-order valence-corrected chi connectivity index (χ2v) is 8.37. The minimum Gasteiger partial charge on any atom is -0.338 e. The molecule has 1 aliphatic heterocycles. The van der Waals surface area contributed by atoms with E-state index in [2.05, 4.69) is 52.4 Å². The Morgan fingerprint density at radius 2 is 1.96 bits per heavy atom. The first kappa shape index (κ1) is 15.6. The van der Waals surface area contributed by atoms with Crippen LogP contribution in [0.1, 0.15) is 49.4 Å². The number of carbonyl (C=O) groups is 1. The van der Waals surface area contributed by atoms with Gasteiger partial charge in [-0.3, -0.25) is 4.79 Å². The number of carbonyl (C=O) groups excluding carboxylic acids is 1. The predicted molar refractivity (Wildman–Crippen MR) is 95.9 cm³/mol. The number of aryl methyl sites for hydroxylation is 1. The number of halogens is 1. The summed E-state index contributed by atoms with van der Waals surface area (Å²) in [5, 5.41) is 7.46. The molecule has 124 valence electrons. The van der Waals surface area contributed by atoms with Crippen molar-refractivity contribution in [2.45, 2.75) is 39.5 Å². The van der Waals surface area contributed by atoms with Gasteiger partial charge >= 0.3 is 0 Å². The van der Waals surface area contributed by atoms with E-state index in [9.17, 15) is 4.79 Å². The van der Waals surface area contributed by atoms with Crippen LogP contribution in [0, 0.1) is 12.3 Å². The van der Waals surface area contributed by atoms with Crippen molar-refractivity contribution in [2.75, 3.05) is 5.32 Å².